The van der Waals surface area contributed by atoms with Gasteiger partial charge in [0.2, 0.25) is 0 Å². The Morgan fingerprint density at radius 3 is 1.94 bits per heavy atom. The maximum Gasteiger partial charge on any atom is -0.00741 e. The first kappa shape index (κ1) is 13.2. The van der Waals surface area contributed by atoms with E-state index >= 15 is 0 Å². The van der Waals surface area contributed by atoms with Crippen molar-refractivity contribution in [2.24, 2.45) is 5.73 Å². The molecule has 0 aromatic heterocycles. The van der Waals surface area contributed by atoms with Crippen LogP contribution in [0.25, 0.3) is 0 Å². The summed E-state index contributed by atoms with van der Waals surface area (Å²) >= 11 is 0. The Balaban J connectivity index is 3.08. The van der Waals surface area contributed by atoms with Crippen LogP contribution in [0.2, 0.25) is 0 Å². The maximum atomic E-state index is 5.58. The molecule has 0 radical (unpaired) electrons. The first-order valence-electron chi connectivity index (χ1n) is 6.17. The summed E-state index contributed by atoms with van der Waals surface area (Å²) < 4.78 is 0. The van der Waals surface area contributed by atoms with Crippen molar-refractivity contribution < 1.29 is 0 Å². The van der Waals surface area contributed by atoms with E-state index in [1.165, 1.54) is 22.3 Å². The van der Waals surface area contributed by atoms with E-state index in [1.54, 1.807) is 0 Å². The molecular weight excluding hydrogens is 194 g/mol. The molecule has 1 aromatic carbocycles. The first-order chi connectivity index (χ1) is 7.36. The predicted octanol–water partition coefficient (Wildman–Crippen LogP) is 3.49. The molecule has 16 heavy (non-hydrogen) atoms. The monoisotopic (exact) mass is 219 g/mol. The Kier molecular flexibility index (Phi) is 4.15. The number of nitrogens with two attached hydrogens (primary N) is 1. The fraction of sp³-hybridized carbons (Fsp3) is 0.600. The van der Waals surface area contributed by atoms with E-state index in [0.29, 0.717) is 0 Å². The van der Waals surface area contributed by atoms with Crippen molar-refractivity contribution in [3.63, 3.8) is 0 Å². The number of hydrogen-bond donors (Lipinski definition) is 1. The topological polar surface area (TPSA) is 26.0 Å². The van der Waals surface area contributed by atoms with Crippen molar-refractivity contribution in [2.75, 3.05) is 6.54 Å². The molecule has 0 saturated carbocycles. The fourth-order valence-electron chi connectivity index (χ4n) is 2.10. The van der Waals surface area contributed by atoms with Crippen LogP contribution in [0.15, 0.2) is 12.1 Å². The minimum absolute atomic E-state index is 0.238. The van der Waals surface area contributed by atoms with Gasteiger partial charge in [-0.3, -0.25) is 0 Å². The summed E-state index contributed by atoms with van der Waals surface area (Å²) in [5, 5.41) is 0. The predicted molar refractivity (Wildman–Crippen MR) is 72.0 cm³/mol. The van der Waals surface area contributed by atoms with Crippen LogP contribution in [0.3, 0.4) is 0 Å². The minimum atomic E-state index is 0.238. The van der Waals surface area contributed by atoms with E-state index in [1.807, 2.05) is 0 Å². The SMILES string of the molecule is Cc1cc(C(C)(C)C)cc(C)c1CCCN. The second-order valence-corrected chi connectivity index (χ2v) is 5.73. The molecule has 0 unspecified atom stereocenters. The summed E-state index contributed by atoms with van der Waals surface area (Å²) in [6, 6.07) is 4.66. The Bertz CT molecular complexity index is 335. The number of benzene rings is 1. The first-order valence-corrected chi connectivity index (χ1v) is 6.17. The number of aryl methyl sites for hydroxylation is 2. The van der Waals surface area contributed by atoms with Crippen molar-refractivity contribution in [3.05, 3.63) is 34.4 Å². The van der Waals surface area contributed by atoms with Crippen molar-refractivity contribution in [3.8, 4) is 0 Å². The van der Waals surface area contributed by atoms with Crippen LogP contribution >= 0.6 is 0 Å². The molecular formula is C15H25N. The third-order valence-electron chi connectivity index (χ3n) is 3.19. The number of hydrogen-bond acceptors (Lipinski definition) is 1. The van der Waals surface area contributed by atoms with Crippen molar-refractivity contribution in [1.82, 2.24) is 0 Å². The second kappa shape index (κ2) is 5.01. The lowest BCUT2D eigenvalue weighted by Gasteiger charge is -2.22. The molecule has 0 amide bonds. The normalized spacial score (nSPS) is 11.9. The van der Waals surface area contributed by atoms with E-state index in [4.69, 9.17) is 5.73 Å². The Hall–Kier alpha value is -0.820. The van der Waals surface area contributed by atoms with Gasteiger partial charge < -0.3 is 5.73 Å². The quantitative estimate of drug-likeness (QED) is 0.827. The Morgan fingerprint density at radius 2 is 1.56 bits per heavy atom. The van der Waals surface area contributed by atoms with Crippen LogP contribution in [-0.4, -0.2) is 6.54 Å². The average Bonchev–Trinajstić information content (AvgIpc) is 2.15. The van der Waals surface area contributed by atoms with Gasteiger partial charge in [0.05, 0.1) is 0 Å². The van der Waals surface area contributed by atoms with Crippen LogP contribution < -0.4 is 5.73 Å². The average molecular weight is 219 g/mol. The summed E-state index contributed by atoms with van der Waals surface area (Å²) in [6.45, 7) is 12.0. The molecule has 0 atom stereocenters. The molecule has 0 aliphatic rings. The van der Waals surface area contributed by atoms with Gasteiger partial charge in [0.25, 0.3) is 0 Å². The maximum absolute atomic E-state index is 5.58. The molecule has 1 rings (SSSR count). The highest BCUT2D eigenvalue weighted by molar-refractivity contribution is 5.40. The standard InChI is InChI=1S/C15H25N/c1-11-9-13(15(3,4)5)10-12(2)14(11)7-6-8-16/h9-10H,6-8,16H2,1-5H3. The van der Waals surface area contributed by atoms with Gasteiger partial charge in [0.1, 0.15) is 0 Å². The molecule has 0 fully saturated rings. The van der Waals surface area contributed by atoms with Crippen LogP contribution in [0.1, 0.15) is 49.4 Å². The van der Waals surface area contributed by atoms with Crippen molar-refractivity contribution >= 4 is 0 Å². The van der Waals surface area contributed by atoms with E-state index in [0.717, 1.165) is 19.4 Å². The molecule has 1 heteroatoms. The fourth-order valence-corrected chi connectivity index (χ4v) is 2.10. The van der Waals surface area contributed by atoms with Crippen molar-refractivity contribution in [2.45, 2.75) is 52.9 Å². The highest BCUT2D eigenvalue weighted by Gasteiger charge is 2.15. The molecule has 1 nitrogen and oxygen atoms in total. The summed E-state index contributed by atoms with van der Waals surface area (Å²) in [6.07, 6.45) is 2.19. The smallest absolute Gasteiger partial charge is 0.00741 e. The molecule has 0 saturated heterocycles. The number of rotatable bonds is 3. The summed E-state index contributed by atoms with van der Waals surface area (Å²) in [4.78, 5) is 0. The van der Waals surface area contributed by atoms with Crippen LogP contribution in [0.5, 0.6) is 0 Å². The van der Waals surface area contributed by atoms with Crippen molar-refractivity contribution in [1.29, 1.82) is 0 Å². The molecule has 0 spiro atoms. The van der Waals surface area contributed by atoms with Gasteiger partial charge >= 0.3 is 0 Å². The van der Waals surface area contributed by atoms with Gasteiger partial charge in [-0.05, 0) is 60.9 Å². The van der Waals surface area contributed by atoms with Crippen LogP contribution in [0.4, 0.5) is 0 Å². The lowest BCUT2D eigenvalue weighted by Crippen LogP contribution is -2.13. The molecule has 90 valence electrons. The molecule has 1 aromatic rings. The highest BCUT2D eigenvalue weighted by atomic mass is 14.5. The summed E-state index contributed by atoms with van der Waals surface area (Å²) in [5.74, 6) is 0. The second-order valence-electron chi connectivity index (χ2n) is 5.73. The van der Waals surface area contributed by atoms with E-state index in [2.05, 4.69) is 46.8 Å². The van der Waals surface area contributed by atoms with E-state index < -0.39 is 0 Å². The molecule has 2 N–H and O–H groups in total. The van der Waals surface area contributed by atoms with Crippen LogP contribution in [0, 0.1) is 13.8 Å². The van der Waals surface area contributed by atoms with Crippen LogP contribution in [-0.2, 0) is 11.8 Å². The van der Waals surface area contributed by atoms with Gasteiger partial charge in [-0.25, -0.2) is 0 Å². The van der Waals surface area contributed by atoms with Gasteiger partial charge in [0, 0.05) is 0 Å². The zero-order chi connectivity index (χ0) is 12.3. The molecule has 0 bridgehead atoms. The zero-order valence-electron chi connectivity index (χ0n) is 11.4. The van der Waals surface area contributed by atoms with Gasteiger partial charge in [0.15, 0.2) is 0 Å². The lowest BCUT2D eigenvalue weighted by molar-refractivity contribution is 0.588. The molecule has 0 aliphatic heterocycles. The Morgan fingerprint density at radius 1 is 1.06 bits per heavy atom. The molecule has 0 heterocycles. The lowest BCUT2D eigenvalue weighted by atomic mass is 9.83. The summed E-state index contributed by atoms with van der Waals surface area (Å²) in [5.41, 5.74) is 11.6. The molecule has 0 aliphatic carbocycles. The largest absolute Gasteiger partial charge is 0.330 e. The zero-order valence-corrected chi connectivity index (χ0v) is 11.4. The third kappa shape index (κ3) is 3.08. The van der Waals surface area contributed by atoms with Gasteiger partial charge in [-0.15, -0.1) is 0 Å². The highest BCUT2D eigenvalue weighted by Crippen LogP contribution is 2.27. The third-order valence-corrected chi connectivity index (χ3v) is 3.19. The van der Waals surface area contributed by atoms with E-state index in [-0.39, 0.29) is 5.41 Å². The summed E-state index contributed by atoms with van der Waals surface area (Å²) in [7, 11) is 0. The minimum Gasteiger partial charge on any atom is -0.330 e. The van der Waals surface area contributed by atoms with E-state index in [9.17, 15) is 0 Å². The van der Waals surface area contributed by atoms with Gasteiger partial charge in [-0.1, -0.05) is 32.9 Å². The Labute approximate surface area is 100 Å². The van der Waals surface area contributed by atoms with Gasteiger partial charge in [-0.2, -0.15) is 0 Å².